The Hall–Kier alpha value is -3.17. The quantitative estimate of drug-likeness (QED) is 0.482. The highest BCUT2D eigenvalue weighted by molar-refractivity contribution is 7.71. The second-order valence-electron chi connectivity index (χ2n) is 7.26. The SMILES string of the molecule is CCN(Cc1nc2ccccc2c(=O)[nH]1)Cn1nnn(-c2ccc(C)c(C)c2)c1=S. The molecule has 4 aromatic rings. The number of hydrogen-bond acceptors (Lipinski definition) is 6. The number of H-pyrrole nitrogens is 1. The van der Waals surface area contributed by atoms with E-state index in [1.54, 1.807) is 15.4 Å². The van der Waals surface area contributed by atoms with Gasteiger partial charge in [0.05, 0.1) is 29.8 Å². The third kappa shape index (κ3) is 3.94. The first kappa shape index (κ1) is 20.1. The Morgan fingerprint density at radius 3 is 2.67 bits per heavy atom. The van der Waals surface area contributed by atoms with Crippen LogP contribution in [0.15, 0.2) is 47.3 Å². The minimum atomic E-state index is -0.135. The van der Waals surface area contributed by atoms with E-state index in [4.69, 9.17) is 12.2 Å². The molecule has 8 nitrogen and oxygen atoms in total. The van der Waals surface area contributed by atoms with Crippen LogP contribution >= 0.6 is 12.2 Å². The Balaban J connectivity index is 1.57. The summed E-state index contributed by atoms with van der Waals surface area (Å²) in [6.45, 7) is 7.80. The van der Waals surface area contributed by atoms with Crippen LogP contribution in [-0.4, -0.2) is 41.2 Å². The highest BCUT2D eigenvalue weighted by Gasteiger charge is 2.12. The Morgan fingerprint density at radius 1 is 1.10 bits per heavy atom. The summed E-state index contributed by atoms with van der Waals surface area (Å²) in [5.74, 6) is 0.605. The molecule has 4 rings (SSSR count). The van der Waals surface area contributed by atoms with Crippen LogP contribution in [0.2, 0.25) is 0 Å². The monoisotopic (exact) mass is 421 g/mol. The maximum Gasteiger partial charge on any atom is 0.258 e. The molecule has 0 amide bonds. The van der Waals surface area contributed by atoms with Crippen molar-refractivity contribution in [1.82, 2.24) is 34.7 Å². The summed E-state index contributed by atoms with van der Waals surface area (Å²) in [4.78, 5) is 21.9. The van der Waals surface area contributed by atoms with Gasteiger partial charge >= 0.3 is 0 Å². The number of hydrogen-bond donors (Lipinski definition) is 1. The molecular weight excluding hydrogens is 398 g/mol. The lowest BCUT2D eigenvalue weighted by Gasteiger charge is -2.19. The lowest BCUT2D eigenvalue weighted by Crippen LogP contribution is -2.28. The number of aromatic amines is 1. The van der Waals surface area contributed by atoms with Gasteiger partial charge in [0, 0.05) is 0 Å². The molecular formula is C21H23N7OS. The molecule has 0 saturated carbocycles. The number of tetrazole rings is 1. The van der Waals surface area contributed by atoms with Crippen molar-refractivity contribution in [2.24, 2.45) is 0 Å². The molecule has 154 valence electrons. The molecule has 0 atom stereocenters. The van der Waals surface area contributed by atoms with E-state index < -0.39 is 0 Å². The molecule has 9 heteroatoms. The van der Waals surface area contributed by atoms with Crippen molar-refractivity contribution in [3.8, 4) is 5.69 Å². The van der Waals surface area contributed by atoms with Crippen molar-refractivity contribution in [3.63, 3.8) is 0 Å². The minimum absolute atomic E-state index is 0.135. The summed E-state index contributed by atoms with van der Waals surface area (Å²) in [5, 5.41) is 9.05. The van der Waals surface area contributed by atoms with Gasteiger partial charge in [-0.1, -0.05) is 25.1 Å². The van der Waals surface area contributed by atoms with Crippen LogP contribution in [0, 0.1) is 18.6 Å². The van der Waals surface area contributed by atoms with Crippen molar-refractivity contribution < 1.29 is 0 Å². The number of nitrogens with zero attached hydrogens (tertiary/aromatic N) is 6. The Bertz CT molecular complexity index is 1320. The van der Waals surface area contributed by atoms with Gasteiger partial charge < -0.3 is 4.98 Å². The molecule has 0 saturated heterocycles. The molecule has 0 unspecified atom stereocenters. The Morgan fingerprint density at radius 2 is 1.90 bits per heavy atom. The van der Waals surface area contributed by atoms with Gasteiger partial charge in [-0.3, -0.25) is 9.69 Å². The molecule has 0 aliphatic heterocycles. The second-order valence-corrected chi connectivity index (χ2v) is 7.62. The molecule has 1 N–H and O–H groups in total. The zero-order valence-corrected chi connectivity index (χ0v) is 18.0. The number of benzene rings is 2. The molecule has 0 aliphatic carbocycles. The van der Waals surface area contributed by atoms with E-state index in [9.17, 15) is 4.79 Å². The highest BCUT2D eigenvalue weighted by Crippen LogP contribution is 2.14. The van der Waals surface area contributed by atoms with Gasteiger partial charge in [-0.15, -0.1) is 0 Å². The number of rotatable bonds is 6. The van der Waals surface area contributed by atoms with Crippen LogP contribution in [0.5, 0.6) is 0 Å². The van der Waals surface area contributed by atoms with E-state index in [0.29, 0.717) is 34.7 Å². The van der Waals surface area contributed by atoms with Crippen LogP contribution in [0.25, 0.3) is 16.6 Å². The Labute approximate surface area is 178 Å². The number of fused-ring (bicyclic) bond motifs is 1. The van der Waals surface area contributed by atoms with Gasteiger partial charge in [-0.05, 0) is 78.4 Å². The highest BCUT2D eigenvalue weighted by atomic mass is 32.1. The summed E-state index contributed by atoms with van der Waals surface area (Å²) < 4.78 is 3.84. The summed E-state index contributed by atoms with van der Waals surface area (Å²) in [7, 11) is 0. The average Bonchev–Trinajstić information content (AvgIpc) is 3.10. The van der Waals surface area contributed by atoms with E-state index in [-0.39, 0.29) is 5.56 Å². The molecule has 0 spiro atoms. The predicted octanol–water partition coefficient (Wildman–Crippen LogP) is 3.13. The maximum atomic E-state index is 12.3. The van der Waals surface area contributed by atoms with E-state index in [0.717, 1.165) is 12.2 Å². The number of aromatic nitrogens is 6. The molecule has 30 heavy (non-hydrogen) atoms. The van der Waals surface area contributed by atoms with Gasteiger partial charge in [0.2, 0.25) is 4.77 Å². The second kappa shape index (κ2) is 8.29. The lowest BCUT2D eigenvalue weighted by molar-refractivity contribution is 0.201. The van der Waals surface area contributed by atoms with Gasteiger partial charge in [0.1, 0.15) is 5.82 Å². The van der Waals surface area contributed by atoms with Crippen molar-refractivity contribution in [2.75, 3.05) is 6.54 Å². The standard InChI is InChI=1S/C21H23N7OS/c1-4-26(12-19-22-18-8-6-5-7-17(18)20(29)23-19)13-27-21(30)28(25-24-27)16-10-9-14(2)15(3)11-16/h5-11H,4,12-13H2,1-3H3,(H,22,23,29). The third-order valence-electron chi connectivity index (χ3n) is 5.19. The first-order valence-electron chi connectivity index (χ1n) is 9.77. The molecule has 0 radical (unpaired) electrons. The summed E-state index contributed by atoms with van der Waals surface area (Å²) in [6.07, 6.45) is 0. The van der Waals surface area contributed by atoms with Gasteiger partial charge in [0.15, 0.2) is 0 Å². The van der Waals surface area contributed by atoms with Crippen LogP contribution in [0.1, 0.15) is 23.9 Å². The fourth-order valence-electron chi connectivity index (χ4n) is 3.26. The smallest absolute Gasteiger partial charge is 0.258 e. The van der Waals surface area contributed by atoms with Gasteiger partial charge in [0.25, 0.3) is 5.56 Å². The largest absolute Gasteiger partial charge is 0.309 e. The van der Waals surface area contributed by atoms with E-state index in [1.807, 2.05) is 43.3 Å². The fourth-order valence-corrected chi connectivity index (χ4v) is 3.49. The molecule has 0 fully saturated rings. The zero-order valence-electron chi connectivity index (χ0n) is 17.2. The Kier molecular flexibility index (Phi) is 5.56. The first-order valence-corrected chi connectivity index (χ1v) is 10.2. The van der Waals surface area contributed by atoms with Gasteiger partial charge in [-0.2, -0.15) is 4.68 Å². The maximum absolute atomic E-state index is 12.3. The molecule has 2 aromatic heterocycles. The third-order valence-corrected chi connectivity index (χ3v) is 5.57. The zero-order chi connectivity index (χ0) is 21.3. The topological polar surface area (TPSA) is 84.6 Å². The lowest BCUT2D eigenvalue weighted by atomic mass is 10.1. The van der Waals surface area contributed by atoms with Crippen molar-refractivity contribution >= 4 is 23.1 Å². The van der Waals surface area contributed by atoms with E-state index >= 15 is 0 Å². The fraction of sp³-hybridized carbons (Fsp3) is 0.286. The summed E-state index contributed by atoms with van der Waals surface area (Å²) in [5.41, 5.74) is 3.82. The molecule has 0 aliphatic rings. The van der Waals surface area contributed by atoms with Crippen LogP contribution in [-0.2, 0) is 13.2 Å². The first-order chi connectivity index (χ1) is 14.5. The van der Waals surface area contributed by atoms with Gasteiger partial charge in [-0.25, -0.2) is 9.67 Å². The van der Waals surface area contributed by atoms with Crippen molar-refractivity contribution in [1.29, 1.82) is 0 Å². The number of nitrogens with one attached hydrogen (secondary N) is 1. The van der Waals surface area contributed by atoms with Crippen molar-refractivity contribution in [2.45, 2.75) is 34.0 Å². The number of aryl methyl sites for hydroxylation is 2. The average molecular weight is 422 g/mol. The van der Waals surface area contributed by atoms with Crippen LogP contribution in [0.4, 0.5) is 0 Å². The predicted molar refractivity (Wildman–Crippen MR) is 118 cm³/mol. The molecule has 0 bridgehead atoms. The van der Waals surface area contributed by atoms with Crippen LogP contribution < -0.4 is 5.56 Å². The van der Waals surface area contributed by atoms with E-state index in [2.05, 4.69) is 39.1 Å². The van der Waals surface area contributed by atoms with Crippen molar-refractivity contribution in [3.05, 3.63) is 74.5 Å². The number of para-hydroxylation sites is 1. The molecule has 2 heterocycles. The minimum Gasteiger partial charge on any atom is -0.309 e. The van der Waals surface area contributed by atoms with E-state index in [1.165, 1.54) is 11.1 Å². The summed E-state index contributed by atoms with van der Waals surface area (Å²) in [6, 6.07) is 13.4. The normalized spacial score (nSPS) is 11.5. The van der Waals surface area contributed by atoms with Crippen LogP contribution in [0.3, 0.4) is 0 Å². The summed E-state index contributed by atoms with van der Waals surface area (Å²) >= 11 is 5.60. The molecule has 2 aromatic carbocycles.